The Kier molecular flexibility index (Phi) is 7.63. The number of carbonyl (C=O) groups is 1. The monoisotopic (exact) mass is 188 g/mol. The first kappa shape index (κ1) is 12.4. The highest BCUT2D eigenvalue weighted by Crippen LogP contribution is 1.85. The molecule has 3 N–H and O–H groups in total. The lowest BCUT2D eigenvalue weighted by molar-refractivity contribution is -0.122. The molecule has 0 heterocycles. The molecule has 0 aromatic heterocycles. The van der Waals surface area contributed by atoms with Crippen LogP contribution in [0.4, 0.5) is 0 Å². The topological polar surface area (TPSA) is 61.4 Å². The van der Waals surface area contributed by atoms with Crippen molar-refractivity contribution >= 4 is 5.91 Å². The Labute approximate surface area is 79.7 Å². The molecule has 4 heteroatoms. The van der Waals surface area contributed by atoms with Crippen LogP contribution in [0.2, 0.25) is 0 Å². The van der Waals surface area contributed by atoms with Crippen LogP contribution in [-0.4, -0.2) is 36.8 Å². The van der Waals surface area contributed by atoms with Crippen LogP contribution in [-0.2, 0) is 4.79 Å². The summed E-state index contributed by atoms with van der Waals surface area (Å²) < 4.78 is 0. The summed E-state index contributed by atoms with van der Waals surface area (Å²) in [5.41, 5.74) is 0. The lowest BCUT2D eigenvalue weighted by atomic mass is 10.3. The van der Waals surface area contributed by atoms with Crippen LogP contribution in [0, 0.1) is 0 Å². The van der Waals surface area contributed by atoms with E-state index in [1.807, 2.05) is 0 Å². The largest absolute Gasteiger partial charge is 0.395 e. The van der Waals surface area contributed by atoms with Gasteiger partial charge in [-0.2, -0.15) is 0 Å². The number of hydrogen-bond donors (Lipinski definition) is 3. The van der Waals surface area contributed by atoms with Gasteiger partial charge in [-0.05, 0) is 13.3 Å². The Morgan fingerprint density at radius 3 is 2.69 bits per heavy atom. The van der Waals surface area contributed by atoms with Gasteiger partial charge in [0.2, 0.25) is 5.91 Å². The molecule has 1 amide bonds. The minimum atomic E-state index is -0.219. The molecule has 0 aliphatic carbocycles. The second-order valence-corrected chi connectivity index (χ2v) is 3.04. The van der Waals surface area contributed by atoms with Gasteiger partial charge in [-0.25, -0.2) is 0 Å². The van der Waals surface area contributed by atoms with E-state index in [-0.39, 0.29) is 18.6 Å². The van der Waals surface area contributed by atoms with Crippen molar-refractivity contribution in [1.82, 2.24) is 10.6 Å². The van der Waals surface area contributed by atoms with Crippen molar-refractivity contribution in [2.75, 3.05) is 19.7 Å². The third kappa shape index (κ3) is 6.54. The first-order valence-electron chi connectivity index (χ1n) is 4.84. The number of carbonyl (C=O) groups excluding carboxylic acids is 1. The fourth-order valence-electron chi connectivity index (χ4n) is 0.915. The zero-order valence-electron chi connectivity index (χ0n) is 8.47. The average Bonchev–Trinajstić information content (AvgIpc) is 2.14. The maximum absolute atomic E-state index is 11.3. The highest BCUT2D eigenvalue weighted by molar-refractivity contribution is 5.81. The molecular formula is C9H20N2O2. The molecule has 0 saturated heterocycles. The number of hydrogen-bond acceptors (Lipinski definition) is 3. The summed E-state index contributed by atoms with van der Waals surface area (Å²) in [6.45, 7) is 5.13. The molecule has 0 aromatic rings. The van der Waals surface area contributed by atoms with Crippen molar-refractivity contribution in [2.45, 2.75) is 32.7 Å². The standard InChI is InChI=1S/C9H20N2O2/c1-3-4-5-11-9(13)8(2)10-6-7-12/h8,10,12H,3-7H2,1-2H3,(H,11,13). The van der Waals surface area contributed by atoms with Crippen LogP contribution in [0.15, 0.2) is 0 Å². The van der Waals surface area contributed by atoms with Crippen LogP contribution in [0.25, 0.3) is 0 Å². The summed E-state index contributed by atoms with van der Waals surface area (Å²) >= 11 is 0. The maximum Gasteiger partial charge on any atom is 0.236 e. The second-order valence-electron chi connectivity index (χ2n) is 3.04. The summed E-state index contributed by atoms with van der Waals surface area (Å²) in [6.07, 6.45) is 2.09. The van der Waals surface area contributed by atoms with Crippen molar-refractivity contribution in [3.8, 4) is 0 Å². The van der Waals surface area contributed by atoms with Gasteiger partial charge < -0.3 is 15.7 Å². The normalized spacial score (nSPS) is 12.5. The summed E-state index contributed by atoms with van der Waals surface area (Å²) in [6, 6.07) is -0.219. The Bertz CT molecular complexity index is 140. The molecule has 4 nitrogen and oxygen atoms in total. The molecule has 0 aromatic carbocycles. The zero-order chi connectivity index (χ0) is 10.1. The van der Waals surface area contributed by atoms with E-state index in [0.29, 0.717) is 6.54 Å². The average molecular weight is 188 g/mol. The SMILES string of the molecule is CCCCNC(=O)C(C)NCCO. The van der Waals surface area contributed by atoms with E-state index < -0.39 is 0 Å². The molecule has 0 spiro atoms. The van der Waals surface area contributed by atoms with E-state index in [1.54, 1.807) is 6.92 Å². The molecule has 0 bridgehead atoms. The molecule has 0 aliphatic rings. The van der Waals surface area contributed by atoms with Gasteiger partial charge in [-0.3, -0.25) is 4.79 Å². The van der Waals surface area contributed by atoms with E-state index in [9.17, 15) is 4.79 Å². The fraction of sp³-hybridized carbons (Fsp3) is 0.889. The molecule has 78 valence electrons. The second kappa shape index (κ2) is 8.01. The van der Waals surface area contributed by atoms with Crippen LogP contribution < -0.4 is 10.6 Å². The first-order chi connectivity index (χ1) is 6.22. The van der Waals surface area contributed by atoms with E-state index in [1.165, 1.54) is 0 Å². The number of amides is 1. The number of aliphatic hydroxyl groups excluding tert-OH is 1. The number of rotatable bonds is 7. The minimum Gasteiger partial charge on any atom is -0.395 e. The predicted molar refractivity (Wildman–Crippen MR) is 52.5 cm³/mol. The van der Waals surface area contributed by atoms with Gasteiger partial charge in [-0.15, -0.1) is 0 Å². The van der Waals surface area contributed by atoms with Crippen LogP contribution in [0.3, 0.4) is 0 Å². The maximum atomic E-state index is 11.3. The predicted octanol–water partition coefficient (Wildman–Crippen LogP) is -0.127. The molecule has 0 rings (SSSR count). The zero-order valence-corrected chi connectivity index (χ0v) is 8.47. The van der Waals surface area contributed by atoms with Crippen molar-refractivity contribution in [3.63, 3.8) is 0 Å². The molecule has 1 atom stereocenters. The van der Waals surface area contributed by atoms with E-state index in [4.69, 9.17) is 5.11 Å². The number of unbranched alkanes of at least 4 members (excludes halogenated alkanes) is 1. The van der Waals surface area contributed by atoms with Gasteiger partial charge in [-0.1, -0.05) is 13.3 Å². The molecule has 0 fully saturated rings. The number of nitrogens with one attached hydrogen (secondary N) is 2. The van der Waals surface area contributed by atoms with Crippen molar-refractivity contribution in [1.29, 1.82) is 0 Å². The summed E-state index contributed by atoms with van der Waals surface area (Å²) in [7, 11) is 0. The van der Waals surface area contributed by atoms with Crippen molar-refractivity contribution in [2.24, 2.45) is 0 Å². The number of aliphatic hydroxyl groups is 1. The third-order valence-corrected chi connectivity index (χ3v) is 1.79. The Morgan fingerprint density at radius 1 is 1.46 bits per heavy atom. The van der Waals surface area contributed by atoms with Gasteiger partial charge in [0.15, 0.2) is 0 Å². The van der Waals surface area contributed by atoms with Crippen LogP contribution in [0.5, 0.6) is 0 Å². The Morgan fingerprint density at radius 2 is 2.15 bits per heavy atom. The smallest absolute Gasteiger partial charge is 0.236 e. The molecule has 13 heavy (non-hydrogen) atoms. The molecule has 0 radical (unpaired) electrons. The van der Waals surface area contributed by atoms with Gasteiger partial charge in [0, 0.05) is 13.1 Å². The summed E-state index contributed by atoms with van der Waals surface area (Å²) in [5, 5.41) is 14.2. The highest BCUT2D eigenvalue weighted by Gasteiger charge is 2.09. The lowest BCUT2D eigenvalue weighted by Crippen LogP contribution is -2.43. The van der Waals surface area contributed by atoms with Gasteiger partial charge in [0.25, 0.3) is 0 Å². The van der Waals surface area contributed by atoms with Crippen molar-refractivity contribution in [3.05, 3.63) is 0 Å². The van der Waals surface area contributed by atoms with Gasteiger partial charge >= 0.3 is 0 Å². The molecule has 1 unspecified atom stereocenters. The van der Waals surface area contributed by atoms with E-state index in [0.717, 1.165) is 19.4 Å². The third-order valence-electron chi connectivity index (χ3n) is 1.79. The molecule has 0 aliphatic heterocycles. The molecule has 0 saturated carbocycles. The lowest BCUT2D eigenvalue weighted by Gasteiger charge is -2.12. The quantitative estimate of drug-likeness (QED) is 0.488. The van der Waals surface area contributed by atoms with Gasteiger partial charge in [0.05, 0.1) is 12.6 Å². The first-order valence-corrected chi connectivity index (χ1v) is 4.84. The van der Waals surface area contributed by atoms with Crippen LogP contribution >= 0.6 is 0 Å². The summed E-state index contributed by atoms with van der Waals surface area (Å²) in [5.74, 6) is 0.00176. The fourth-order valence-corrected chi connectivity index (χ4v) is 0.915. The Balaban J connectivity index is 3.45. The minimum absolute atomic E-state index is 0.00176. The van der Waals surface area contributed by atoms with E-state index in [2.05, 4.69) is 17.6 Å². The summed E-state index contributed by atoms with van der Waals surface area (Å²) in [4.78, 5) is 11.3. The van der Waals surface area contributed by atoms with Crippen LogP contribution in [0.1, 0.15) is 26.7 Å². The Hall–Kier alpha value is -0.610. The highest BCUT2D eigenvalue weighted by atomic mass is 16.3. The van der Waals surface area contributed by atoms with E-state index >= 15 is 0 Å². The molecular weight excluding hydrogens is 168 g/mol. The van der Waals surface area contributed by atoms with Crippen molar-refractivity contribution < 1.29 is 9.90 Å². The van der Waals surface area contributed by atoms with Gasteiger partial charge in [0.1, 0.15) is 0 Å².